The van der Waals surface area contributed by atoms with Crippen molar-refractivity contribution < 1.29 is 14.3 Å². The van der Waals surface area contributed by atoms with Crippen molar-refractivity contribution in [1.29, 1.82) is 0 Å². The van der Waals surface area contributed by atoms with Gasteiger partial charge in [0.2, 0.25) is 5.91 Å². The van der Waals surface area contributed by atoms with Crippen molar-refractivity contribution in [2.24, 2.45) is 0 Å². The number of rotatable bonds is 6. The second-order valence-electron chi connectivity index (χ2n) is 6.56. The summed E-state index contributed by atoms with van der Waals surface area (Å²) in [6.45, 7) is 11.1. The summed E-state index contributed by atoms with van der Waals surface area (Å²) in [7, 11) is 0. The Morgan fingerprint density at radius 1 is 1.20 bits per heavy atom. The quantitative estimate of drug-likeness (QED) is 0.857. The lowest BCUT2D eigenvalue weighted by molar-refractivity contribution is -0.121. The van der Waals surface area contributed by atoms with E-state index in [1.165, 1.54) is 0 Å². The molecule has 1 saturated heterocycles. The minimum Gasteiger partial charge on any atom is -0.373 e. The molecule has 0 unspecified atom stereocenters. The van der Waals surface area contributed by atoms with E-state index >= 15 is 0 Å². The van der Waals surface area contributed by atoms with Crippen molar-refractivity contribution in [2.75, 3.05) is 38.0 Å². The summed E-state index contributed by atoms with van der Waals surface area (Å²) in [5.74, 6) is -0.0920. The smallest absolute Gasteiger partial charge is 0.253 e. The van der Waals surface area contributed by atoms with Crippen LogP contribution in [0.4, 0.5) is 5.69 Å². The van der Waals surface area contributed by atoms with E-state index < -0.39 is 0 Å². The molecule has 1 aliphatic rings. The molecule has 1 heterocycles. The largest absolute Gasteiger partial charge is 0.373 e. The van der Waals surface area contributed by atoms with Gasteiger partial charge in [-0.15, -0.1) is 0 Å². The maximum Gasteiger partial charge on any atom is 0.253 e. The standard InChI is InChI=1S/C19H29N3O3/c1-5-22(6-2)19(24)16-8-7-9-17(10-16)20-18(23)13-21-11-14(3)25-15(4)12-21/h7-10,14-15H,5-6,11-13H2,1-4H3,(H,20,23)/t14-,15+. The van der Waals surface area contributed by atoms with Crippen molar-refractivity contribution in [3.05, 3.63) is 29.8 Å². The molecule has 2 rings (SSSR count). The minimum absolute atomic E-state index is 0.0167. The Hall–Kier alpha value is -1.92. The Morgan fingerprint density at radius 3 is 2.44 bits per heavy atom. The number of hydrogen-bond acceptors (Lipinski definition) is 4. The first kappa shape index (κ1) is 19.4. The molecule has 0 spiro atoms. The van der Waals surface area contributed by atoms with Crippen LogP contribution in [-0.2, 0) is 9.53 Å². The Morgan fingerprint density at radius 2 is 1.84 bits per heavy atom. The van der Waals surface area contributed by atoms with Crippen molar-refractivity contribution >= 4 is 17.5 Å². The van der Waals surface area contributed by atoms with Crippen molar-refractivity contribution in [3.8, 4) is 0 Å². The van der Waals surface area contributed by atoms with E-state index in [0.29, 0.717) is 30.9 Å². The van der Waals surface area contributed by atoms with Crippen molar-refractivity contribution in [3.63, 3.8) is 0 Å². The van der Waals surface area contributed by atoms with Gasteiger partial charge in [-0.3, -0.25) is 14.5 Å². The van der Waals surface area contributed by atoms with Gasteiger partial charge in [0.15, 0.2) is 0 Å². The summed E-state index contributed by atoms with van der Waals surface area (Å²) in [6.07, 6.45) is 0.262. The van der Waals surface area contributed by atoms with E-state index in [-0.39, 0.29) is 24.0 Å². The number of amides is 2. The summed E-state index contributed by atoms with van der Waals surface area (Å²) >= 11 is 0. The Bertz CT molecular complexity index is 591. The molecule has 1 N–H and O–H groups in total. The molecule has 0 radical (unpaired) electrons. The molecule has 1 fully saturated rings. The monoisotopic (exact) mass is 347 g/mol. The molecule has 2 amide bonds. The first-order valence-electron chi connectivity index (χ1n) is 8.99. The van der Waals surface area contributed by atoms with Crippen LogP contribution < -0.4 is 5.32 Å². The molecule has 0 aliphatic carbocycles. The number of ether oxygens (including phenoxy) is 1. The fourth-order valence-corrected chi connectivity index (χ4v) is 3.24. The predicted octanol–water partition coefficient (Wildman–Crippen LogP) is 2.22. The Balaban J connectivity index is 1.97. The van der Waals surface area contributed by atoms with Crippen LogP contribution in [0.3, 0.4) is 0 Å². The third kappa shape index (κ3) is 5.54. The van der Waals surface area contributed by atoms with Crippen molar-refractivity contribution in [1.82, 2.24) is 9.80 Å². The third-order valence-corrected chi connectivity index (χ3v) is 4.31. The van der Waals surface area contributed by atoms with E-state index in [1.54, 1.807) is 23.1 Å². The highest BCUT2D eigenvalue weighted by atomic mass is 16.5. The summed E-state index contributed by atoms with van der Waals surface area (Å²) in [5, 5.41) is 2.90. The topological polar surface area (TPSA) is 61.9 Å². The van der Waals surface area contributed by atoms with E-state index in [1.807, 2.05) is 33.8 Å². The van der Waals surface area contributed by atoms with Gasteiger partial charge < -0.3 is 15.0 Å². The molecule has 138 valence electrons. The number of hydrogen-bond donors (Lipinski definition) is 1. The molecular weight excluding hydrogens is 318 g/mol. The third-order valence-electron chi connectivity index (χ3n) is 4.31. The van der Waals surface area contributed by atoms with Crippen LogP contribution >= 0.6 is 0 Å². The average molecular weight is 347 g/mol. The number of nitrogens with zero attached hydrogens (tertiary/aromatic N) is 2. The highest BCUT2D eigenvalue weighted by Crippen LogP contribution is 2.14. The molecule has 0 saturated carbocycles. The predicted molar refractivity (Wildman–Crippen MR) is 98.8 cm³/mol. The lowest BCUT2D eigenvalue weighted by Crippen LogP contribution is -2.48. The lowest BCUT2D eigenvalue weighted by Gasteiger charge is -2.34. The average Bonchev–Trinajstić information content (AvgIpc) is 2.55. The number of morpholine rings is 1. The summed E-state index contributed by atoms with van der Waals surface area (Å²) in [4.78, 5) is 28.6. The lowest BCUT2D eigenvalue weighted by atomic mass is 10.1. The molecule has 1 aromatic rings. The molecule has 6 nitrogen and oxygen atoms in total. The van der Waals surface area contributed by atoms with Crippen LogP contribution in [0.25, 0.3) is 0 Å². The maximum atomic E-state index is 12.4. The van der Waals surface area contributed by atoms with Crippen LogP contribution in [0.2, 0.25) is 0 Å². The molecule has 25 heavy (non-hydrogen) atoms. The summed E-state index contributed by atoms with van der Waals surface area (Å²) in [5.41, 5.74) is 1.24. The van der Waals surface area contributed by atoms with Gasteiger partial charge in [-0.05, 0) is 45.9 Å². The summed E-state index contributed by atoms with van der Waals surface area (Å²) in [6, 6.07) is 7.12. The van der Waals surface area contributed by atoms with E-state index in [0.717, 1.165) is 13.1 Å². The molecule has 0 bridgehead atoms. The second kappa shape index (κ2) is 8.97. The van der Waals surface area contributed by atoms with Gasteiger partial charge in [-0.1, -0.05) is 6.07 Å². The van der Waals surface area contributed by atoms with Crippen LogP contribution in [0, 0.1) is 0 Å². The normalized spacial score (nSPS) is 21.0. The van der Waals surface area contributed by atoms with Gasteiger partial charge in [0.05, 0.1) is 18.8 Å². The van der Waals surface area contributed by atoms with Gasteiger partial charge in [-0.25, -0.2) is 0 Å². The fraction of sp³-hybridized carbons (Fsp3) is 0.579. The van der Waals surface area contributed by atoms with Gasteiger partial charge in [0.1, 0.15) is 0 Å². The minimum atomic E-state index is -0.0752. The molecule has 6 heteroatoms. The van der Waals surface area contributed by atoms with E-state index in [9.17, 15) is 9.59 Å². The molecule has 1 aliphatic heterocycles. The molecule has 2 atom stereocenters. The Labute approximate surface area is 150 Å². The maximum absolute atomic E-state index is 12.4. The number of benzene rings is 1. The summed E-state index contributed by atoms with van der Waals surface area (Å²) < 4.78 is 5.69. The highest BCUT2D eigenvalue weighted by molar-refractivity contribution is 5.97. The highest BCUT2D eigenvalue weighted by Gasteiger charge is 2.23. The first-order chi connectivity index (χ1) is 11.9. The van der Waals surface area contributed by atoms with Crippen LogP contribution in [0.5, 0.6) is 0 Å². The number of carbonyl (C=O) groups is 2. The van der Waals surface area contributed by atoms with Gasteiger partial charge in [0, 0.05) is 37.4 Å². The van der Waals surface area contributed by atoms with Crippen molar-refractivity contribution in [2.45, 2.75) is 39.9 Å². The Kier molecular flexibility index (Phi) is 6.96. The van der Waals surface area contributed by atoms with Gasteiger partial charge >= 0.3 is 0 Å². The second-order valence-corrected chi connectivity index (χ2v) is 6.56. The SMILES string of the molecule is CCN(CC)C(=O)c1cccc(NC(=O)CN2C[C@@H](C)O[C@@H](C)C2)c1. The fourth-order valence-electron chi connectivity index (χ4n) is 3.24. The zero-order chi connectivity index (χ0) is 18.4. The van der Waals surface area contributed by atoms with Crippen LogP contribution in [0.1, 0.15) is 38.1 Å². The first-order valence-corrected chi connectivity index (χ1v) is 8.99. The van der Waals surface area contributed by atoms with Gasteiger partial charge in [0.25, 0.3) is 5.91 Å². The molecule has 1 aromatic carbocycles. The molecular formula is C19H29N3O3. The van der Waals surface area contributed by atoms with E-state index in [4.69, 9.17) is 4.74 Å². The van der Waals surface area contributed by atoms with Crippen LogP contribution in [-0.4, -0.2) is 66.5 Å². The zero-order valence-electron chi connectivity index (χ0n) is 15.6. The van der Waals surface area contributed by atoms with Crippen LogP contribution in [0.15, 0.2) is 24.3 Å². The van der Waals surface area contributed by atoms with Gasteiger partial charge in [-0.2, -0.15) is 0 Å². The number of carbonyl (C=O) groups excluding carboxylic acids is 2. The number of nitrogens with one attached hydrogen (secondary N) is 1. The molecule has 0 aromatic heterocycles. The zero-order valence-corrected chi connectivity index (χ0v) is 15.6. The van der Waals surface area contributed by atoms with E-state index in [2.05, 4.69) is 10.2 Å². The number of anilines is 1.